The monoisotopic (exact) mass is 392 g/mol. The van der Waals surface area contributed by atoms with E-state index in [2.05, 4.69) is 0 Å². The van der Waals surface area contributed by atoms with Gasteiger partial charge < -0.3 is 24.1 Å². The molecule has 6 heteroatoms. The summed E-state index contributed by atoms with van der Waals surface area (Å²) >= 11 is 0. The van der Waals surface area contributed by atoms with E-state index in [0.717, 1.165) is 22.3 Å². The molecule has 1 heterocycles. The van der Waals surface area contributed by atoms with Crippen LogP contribution < -0.4 is 14.2 Å². The molecule has 1 N–H and O–H groups in total. The van der Waals surface area contributed by atoms with E-state index >= 15 is 0 Å². The molecule has 0 spiro atoms. The molecule has 0 fully saturated rings. The van der Waals surface area contributed by atoms with Gasteiger partial charge >= 0.3 is 5.97 Å². The molecule has 29 heavy (non-hydrogen) atoms. The van der Waals surface area contributed by atoms with Gasteiger partial charge in [0.05, 0.1) is 19.8 Å². The van der Waals surface area contributed by atoms with Crippen LogP contribution in [0.2, 0.25) is 0 Å². The van der Waals surface area contributed by atoms with Crippen molar-refractivity contribution < 1.29 is 28.8 Å². The molecule has 3 aromatic carbocycles. The Balaban J connectivity index is 1.76. The summed E-state index contributed by atoms with van der Waals surface area (Å²) in [6.45, 7) is 0.492. The van der Waals surface area contributed by atoms with Gasteiger partial charge in [-0.1, -0.05) is 18.2 Å². The Morgan fingerprint density at radius 2 is 1.79 bits per heavy atom. The van der Waals surface area contributed by atoms with Crippen molar-refractivity contribution in [3.63, 3.8) is 0 Å². The quantitative estimate of drug-likeness (QED) is 0.630. The highest BCUT2D eigenvalue weighted by Crippen LogP contribution is 2.45. The van der Waals surface area contributed by atoms with Crippen LogP contribution in [-0.4, -0.2) is 25.3 Å². The van der Waals surface area contributed by atoms with Gasteiger partial charge in [0.1, 0.15) is 19.0 Å². The topological polar surface area (TPSA) is 74.2 Å². The Kier molecular flexibility index (Phi) is 4.99. The van der Waals surface area contributed by atoms with Crippen LogP contribution in [0, 0.1) is 0 Å². The molecule has 148 valence electrons. The molecule has 0 radical (unpaired) electrons. The summed E-state index contributed by atoms with van der Waals surface area (Å²) in [4.78, 5) is 11.7. The van der Waals surface area contributed by atoms with E-state index in [1.165, 1.54) is 0 Å². The van der Waals surface area contributed by atoms with E-state index in [1.807, 2.05) is 30.3 Å². The van der Waals surface area contributed by atoms with Gasteiger partial charge in [0, 0.05) is 11.1 Å². The second-order valence-corrected chi connectivity index (χ2v) is 6.58. The van der Waals surface area contributed by atoms with Crippen LogP contribution in [0.4, 0.5) is 0 Å². The van der Waals surface area contributed by atoms with Gasteiger partial charge in [-0.15, -0.1) is 0 Å². The Hall–Kier alpha value is -3.67. The Morgan fingerprint density at radius 3 is 2.55 bits per heavy atom. The van der Waals surface area contributed by atoms with Crippen molar-refractivity contribution >= 4 is 5.97 Å². The number of fused-ring (bicyclic) bond motifs is 1. The van der Waals surface area contributed by atoms with Gasteiger partial charge in [-0.05, 0) is 47.5 Å². The number of methoxy groups -OCH3 is 2. The summed E-state index contributed by atoms with van der Waals surface area (Å²) in [5.74, 6) is 1.40. The lowest BCUT2D eigenvalue weighted by atomic mass is 9.99. The lowest BCUT2D eigenvalue weighted by Crippen LogP contribution is -2.01. The Labute approximate surface area is 168 Å². The molecule has 0 unspecified atom stereocenters. The maximum absolute atomic E-state index is 11.7. The van der Waals surface area contributed by atoms with Crippen LogP contribution in [0.1, 0.15) is 21.5 Å². The highest BCUT2D eigenvalue weighted by atomic mass is 16.5. The first-order valence-electron chi connectivity index (χ1n) is 9.07. The van der Waals surface area contributed by atoms with Crippen molar-refractivity contribution in [3.05, 3.63) is 71.3 Å². The number of hydrogen-bond donors (Lipinski definition) is 1. The first-order valence-corrected chi connectivity index (χ1v) is 9.07. The van der Waals surface area contributed by atoms with Gasteiger partial charge in [-0.3, -0.25) is 0 Å². The van der Waals surface area contributed by atoms with Crippen LogP contribution >= 0.6 is 0 Å². The number of esters is 1. The summed E-state index contributed by atoms with van der Waals surface area (Å²) in [7, 11) is 3.12. The van der Waals surface area contributed by atoms with Gasteiger partial charge in [0.2, 0.25) is 5.75 Å². The minimum atomic E-state index is -0.306. The third-order valence-electron chi connectivity index (χ3n) is 4.79. The fraction of sp³-hybridized carbons (Fsp3) is 0.174. The number of aromatic hydroxyl groups is 1. The maximum atomic E-state index is 11.7. The predicted octanol–water partition coefficient (Wildman–Crippen LogP) is 4.33. The Morgan fingerprint density at radius 1 is 0.966 bits per heavy atom. The average Bonchev–Trinajstić information content (AvgIpc) is 3.11. The van der Waals surface area contributed by atoms with E-state index in [4.69, 9.17) is 18.9 Å². The molecule has 0 atom stereocenters. The molecule has 0 aliphatic carbocycles. The molecule has 6 nitrogen and oxygen atoms in total. The number of cyclic esters (lactones) is 1. The average molecular weight is 392 g/mol. The summed E-state index contributed by atoms with van der Waals surface area (Å²) < 4.78 is 22.2. The molecule has 1 aliphatic rings. The van der Waals surface area contributed by atoms with Crippen LogP contribution in [0.5, 0.6) is 23.0 Å². The number of phenols is 1. The number of hydrogen-bond acceptors (Lipinski definition) is 6. The van der Waals surface area contributed by atoms with Crippen LogP contribution in [0.25, 0.3) is 11.1 Å². The second kappa shape index (κ2) is 7.75. The molecule has 0 saturated carbocycles. The van der Waals surface area contributed by atoms with Crippen LogP contribution in [0.15, 0.2) is 54.6 Å². The van der Waals surface area contributed by atoms with Gasteiger partial charge in [0.15, 0.2) is 11.5 Å². The van der Waals surface area contributed by atoms with Crippen molar-refractivity contribution in [2.45, 2.75) is 13.2 Å². The third kappa shape index (κ3) is 3.57. The van der Waals surface area contributed by atoms with E-state index in [9.17, 15) is 9.90 Å². The van der Waals surface area contributed by atoms with Crippen molar-refractivity contribution in [2.75, 3.05) is 14.2 Å². The smallest absolute Gasteiger partial charge is 0.338 e. The van der Waals surface area contributed by atoms with Crippen LogP contribution in [0.3, 0.4) is 0 Å². The fourth-order valence-electron chi connectivity index (χ4n) is 3.37. The number of carbonyl (C=O) groups excluding carboxylic acids is 1. The number of ether oxygens (including phenoxy) is 4. The zero-order valence-corrected chi connectivity index (χ0v) is 16.1. The van der Waals surface area contributed by atoms with E-state index < -0.39 is 0 Å². The van der Waals surface area contributed by atoms with E-state index in [1.54, 1.807) is 38.5 Å². The minimum Gasteiger partial charge on any atom is -0.508 e. The van der Waals surface area contributed by atoms with Gasteiger partial charge in [0.25, 0.3) is 0 Å². The van der Waals surface area contributed by atoms with Crippen molar-refractivity contribution in [2.24, 2.45) is 0 Å². The summed E-state index contributed by atoms with van der Waals surface area (Å²) in [6, 6.07) is 16.1. The first-order chi connectivity index (χ1) is 14.1. The standard InChI is InChI=1S/C23H20O6/c1-26-20-9-8-18(15-6-7-19-16(11-15)13-29-23(19)25)21(22(20)27-2)28-12-14-4-3-5-17(24)10-14/h3-11,24H,12-13H2,1-2H3. The Bertz CT molecular complexity index is 1070. The fourth-order valence-corrected chi connectivity index (χ4v) is 3.37. The lowest BCUT2D eigenvalue weighted by molar-refractivity contribution is 0.0535. The zero-order valence-electron chi connectivity index (χ0n) is 16.1. The molecule has 4 rings (SSSR count). The van der Waals surface area contributed by atoms with E-state index in [0.29, 0.717) is 22.8 Å². The van der Waals surface area contributed by atoms with Crippen molar-refractivity contribution in [1.29, 1.82) is 0 Å². The molecular weight excluding hydrogens is 372 g/mol. The molecular formula is C23H20O6. The number of rotatable bonds is 6. The number of benzene rings is 3. The third-order valence-corrected chi connectivity index (χ3v) is 4.79. The van der Waals surface area contributed by atoms with Crippen LogP contribution in [-0.2, 0) is 18.0 Å². The lowest BCUT2D eigenvalue weighted by Gasteiger charge is -2.18. The van der Waals surface area contributed by atoms with Gasteiger partial charge in [-0.2, -0.15) is 0 Å². The summed E-state index contributed by atoms with van der Waals surface area (Å²) in [5, 5.41) is 9.70. The maximum Gasteiger partial charge on any atom is 0.338 e. The second-order valence-electron chi connectivity index (χ2n) is 6.58. The highest BCUT2D eigenvalue weighted by molar-refractivity contribution is 5.94. The van der Waals surface area contributed by atoms with E-state index in [-0.39, 0.29) is 24.9 Å². The van der Waals surface area contributed by atoms with Crippen molar-refractivity contribution in [1.82, 2.24) is 0 Å². The van der Waals surface area contributed by atoms with Crippen molar-refractivity contribution in [3.8, 4) is 34.1 Å². The normalized spacial score (nSPS) is 12.3. The minimum absolute atomic E-state index is 0.173. The summed E-state index contributed by atoms with van der Waals surface area (Å²) in [5.41, 5.74) is 3.89. The molecule has 0 amide bonds. The summed E-state index contributed by atoms with van der Waals surface area (Å²) in [6.07, 6.45) is 0. The number of phenolic OH excluding ortho intramolecular Hbond substituents is 1. The SMILES string of the molecule is COc1ccc(-c2ccc3c(c2)COC3=O)c(OCc2cccc(O)c2)c1OC. The molecule has 0 saturated heterocycles. The number of carbonyl (C=O) groups is 1. The first kappa shape index (κ1) is 18.7. The largest absolute Gasteiger partial charge is 0.508 e. The predicted molar refractivity (Wildman–Crippen MR) is 107 cm³/mol. The zero-order chi connectivity index (χ0) is 20.4. The highest BCUT2D eigenvalue weighted by Gasteiger charge is 2.23. The molecule has 0 aromatic heterocycles. The molecule has 1 aliphatic heterocycles. The molecule has 3 aromatic rings. The van der Waals surface area contributed by atoms with Gasteiger partial charge in [-0.25, -0.2) is 4.79 Å². The molecule has 0 bridgehead atoms.